The van der Waals surface area contributed by atoms with Gasteiger partial charge < -0.3 is 4.57 Å². The van der Waals surface area contributed by atoms with E-state index in [9.17, 15) is 0 Å². The summed E-state index contributed by atoms with van der Waals surface area (Å²) in [7, 11) is 1.88. The molecule has 0 atom stereocenters. The summed E-state index contributed by atoms with van der Waals surface area (Å²) < 4.78 is 3.92. The molecule has 0 spiro atoms. The molecule has 5 rings (SSSR count). The Hall–Kier alpha value is -3.99. The second kappa shape index (κ2) is 7.44. The lowest BCUT2D eigenvalue weighted by Gasteiger charge is -2.37. The van der Waals surface area contributed by atoms with Gasteiger partial charge in [-0.3, -0.25) is 0 Å². The van der Waals surface area contributed by atoms with Crippen molar-refractivity contribution in [2.75, 3.05) is 0 Å². The third kappa shape index (κ3) is 2.83. The average molecular weight is 391 g/mol. The van der Waals surface area contributed by atoms with E-state index < -0.39 is 5.54 Å². The van der Waals surface area contributed by atoms with Gasteiger partial charge in [-0.05, 0) is 16.7 Å². The van der Waals surface area contributed by atoms with Gasteiger partial charge in [-0.15, -0.1) is 0 Å². The Labute approximate surface area is 175 Å². The number of nitrogens with zero attached hydrogens (tertiary/aromatic N) is 5. The lowest BCUT2D eigenvalue weighted by molar-refractivity contribution is 0.514. The van der Waals surface area contributed by atoms with Crippen LogP contribution in [0.2, 0.25) is 0 Å². The first-order valence-corrected chi connectivity index (χ1v) is 9.85. The van der Waals surface area contributed by atoms with E-state index in [0.717, 1.165) is 28.2 Å². The molecule has 2 heterocycles. The Morgan fingerprint density at radius 3 is 1.60 bits per heavy atom. The van der Waals surface area contributed by atoms with Crippen LogP contribution in [0.15, 0.2) is 110 Å². The highest BCUT2D eigenvalue weighted by atomic mass is 15.3. The van der Waals surface area contributed by atoms with Crippen molar-refractivity contribution >= 4 is 0 Å². The highest BCUT2D eigenvalue weighted by Crippen LogP contribution is 2.41. The molecule has 0 fully saturated rings. The van der Waals surface area contributed by atoms with Crippen molar-refractivity contribution in [3.8, 4) is 11.5 Å². The first-order valence-electron chi connectivity index (χ1n) is 9.85. The lowest BCUT2D eigenvalue weighted by Crippen LogP contribution is -2.36. The Morgan fingerprint density at radius 1 is 0.667 bits per heavy atom. The second-order valence-electron chi connectivity index (χ2n) is 7.18. The number of hydrogen-bond donors (Lipinski definition) is 0. The molecule has 5 nitrogen and oxygen atoms in total. The summed E-state index contributed by atoms with van der Waals surface area (Å²) in [5.41, 5.74) is 3.67. The minimum Gasteiger partial charge on any atom is -0.318 e. The Bertz CT molecular complexity index is 1140. The SMILES string of the molecule is Cn1ncnc1-c1cn(C(c2ccccc2)(c2ccccc2)c2ccccc2)cn1. The normalized spacial score (nSPS) is 11.5. The van der Waals surface area contributed by atoms with Crippen LogP contribution in [0, 0.1) is 0 Å². The summed E-state index contributed by atoms with van der Waals surface area (Å²) in [4.78, 5) is 9.08. The quantitative estimate of drug-likeness (QED) is 0.414. The molecular formula is C25H21N5. The molecule has 30 heavy (non-hydrogen) atoms. The maximum Gasteiger partial charge on any atom is 0.178 e. The largest absolute Gasteiger partial charge is 0.318 e. The minimum atomic E-state index is -0.576. The molecule has 0 aliphatic rings. The van der Waals surface area contributed by atoms with Gasteiger partial charge in [0, 0.05) is 13.2 Å². The van der Waals surface area contributed by atoms with Crippen molar-refractivity contribution in [3.05, 3.63) is 127 Å². The van der Waals surface area contributed by atoms with E-state index in [2.05, 4.69) is 93.6 Å². The molecule has 0 N–H and O–H groups in total. The van der Waals surface area contributed by atoms with E-state index in [1.165, 1.54) is 0 Å². The Morgan fingerprint density at radius 2 is 1.17 bits per heavy atom. The molecule has 5 heteroatoms. The third-order valence-electron chi connectivity index (χ3n) is 5.49. The summed E-state index contributed by atoms with van der Waals surface area (Å²) in [5.74, 6) is 0.733. The second-order valence-corrected chi connectivity index (χ2v) is 7.18. The van der Waals surface area contributed by atoms with Crippen LogP contribution in [-0.2, 0) is 12.6 Å². The molecule has 0 saturated heterocycles. The first kappa shape index (κ1) is 18.1. The van der Waals surface area contributed by atoms with E-state index in [0.29, 0.717) is 0 Å². The standard InChI is InChI=1S/C25H21N5/c1-29-24(26-18-28-29)23-17-30(19-27-23)25(20-11-5-2-6-12-20,21-13-7-3-8-14-21)22-15-9-4-10-16-22/h2-19H,1H3. The van der Waals surface area contributed by atoms with E-state index >= 15 is 0 Å². The van der Waals surface area contributed by atoms with Gasteiger partial charge in [0.1, 0.15) is 17.6 Å². The van der Waals surface area contributed by atoms with Gasteiger partial charge in [0.25, 0.3) is 0 Å². The van der Waals surface area contributed by atoms with Crippen LogP contribution in [0.3, 0.4) is 0 Å². The molecule has 0 aliphatic carbocycles. The van der Waals surface area contributed by atoms with E-state index in [1.54, 1.807) is 11.0 Å². The maximum atomic E-state index is 4.70. The summed E-state index contributed by atoms with van der Waals surface area (Å²) in [6.45, 7) is 0. The topological polar surface area (TPSA) is 48.5 Å². The zero-order chi connectivity index (χ0) is 20.4. The fourth-order valence-corrected chi connectivity index (χ4v) is 4.14. The first-order chi connectivity index (χ1) is 14.8. The Balaban J connectivity index is 1.83. The number of hydrogen-bond acceptors (Lipinski definition) is 3. The molecular weight excluding hydrogens is 370 g/mol. The molecule has 2 aromatic heterocycles. The van der Waals surface area contributed by atoms with Crippen LogP contribution in [0.4, 0.5) is 0 Å². The molecule has 0 amide bonds. The van der Waals surface area contributed by atoms with Crippen molar-refractivity contribution < 1.29 is 0 Å². The van der Waals surface area contributed by atoms with Crippen molar-refractivity contribution in [1.82, 2.24) is 24.3 Å². The van der Waals surface area contributed by atoms with Gasteiger partial charge in [0.05, 0.1) is 6.33 Å². The molecule has 0 aliphatic heterocycles. The predicted octanol–water partition coefficient (Wildman–Crippen LogP) is 4.52. The summed E-state index contributed by atoms with van der Waals surface area (Å²) in [6.07, 6.45) is 5.49. The smallest absolute Gasteiger partial charge is 0.178 e. The zero-order valence-corrected chi connectivity index (χ0v) is 16.6. The van der Waals surface area contributed by atoms with E-state index in [-0.39, 0.29) is 0 Å². The molecule has 146 valence electrons. The van der Waals surface area contributed by atoms with Gasteiger partial charge in [-0.1, -0.05) is 91.0 Å². The van der Waals surface area contributed by atoms with E-state index in [4.69, 9.17) is 4.98 Å². The zero-order valence-electron chi connectivity index (χ0n) is 16.6. The van der Waals surface area contributed by atoms with Crippen molar-refractivity contribution in [2.24, 2.45) is 7.05 Å². The Kier molecular flexibility index (Phi) is 4.48. The average Bonchev–Trinajstić information content (AvgIpc) is 3.46. The number of benzene rings is 3. The van der Waals surface area contributed by atoms with Gasteiger partial charge in [0.2, 0.25) is 0 Å². The van der Waals surface area contributed by atoms with Crippen molar-refractivity contribution in [1.29, 1.82) is 0 Å². The van der Waals surface area contributed by atoms with Crippen LogP contribution >= 0.6 is 0 Å². The van der Waals surface area contributed by atoms with Gasteiger partial charge in [-0.25, -0.2) is 14.6 Å². The fourth-order valence-electron chi connectivity index (χ4n) is 4.14. The highest BCUT2D eigenvalue weighted by molar-refractivity contribution is 5.53. The minimum absolute atomic E-state index is 0.576. The summed E-state index contributed by atoms with van der Waals surface area (Å²) in [6, 6.07) is 31.6. The number of imidazole rings is 1. The van der Waals surface area contributed by atoms with Gasteiger partial charge >= 0.3 is 0 Å². The highest BCUT2D eigenvalue weighted by Gasteiger charge is 2.38. The summed E-state index contributed by atoms with van der Waals surface area (Å²) in [5, 5.41) is 4.20. The monoisotopic (exact) mass is 391 g/mol. The van der Waals surface area contributed by atoms with Crippen molar-refractivity contribution in [2.45, 2.75) is 5.54 Å². The van der Waals surface area contributed by atoms with Crippen LogP contribution in [0.5, 0.6) is 0 Å². The lowest BCUT2D eigenvalue weighted by atomic mass is 9.77. The molecule has 0 bridgehead atoms. The number of aryl methyl sites for hydroxylation is 1. The van der Waals surface area contributed by atoms with E-state index in [1.807, 2.05) is 31.6 Å². The number of aromatic nitrogens is 5. The molecule has 3 aromatic carbocycles. The summed E-state index contributed by atoms with van der Waals surface area (Å²) >= 11 is 0. The maximum absolute atomic E-state index is 4.70. The van der Waals surface area contributed by atoms with Crippen LogP contribution < -0.4 is 0 Å². The van der Waals surface area contributed by atoms with Crippen LogP contribution in [0.25, 0.3) is 11.5 Å². The predicted molar refractivity (Wildman–Crippen MR) is 117 cm³/mol. The van der Waals surface area contributed by atoms with Gasteiger partial charge in [-0.2, -0.15) is 5.10 Å². The molecule has 0 radical (unpaired) electrons. The molecule has 5 aromatic rings. The molecule has 0 unspecified atom stereocenters. The number of rotatable bonds is 5. The van der Waals surface area contributed by atoms with Crippen molar-refractivity contribution in [3.63, 3.8) is 0 Å². The third-order valence-corrected chi connectivity index (χ3v) is 5.49. The molecule has 0 saturated carbocycles. The van der Waals surface area contributed by atoms with Gasteiger partial charge in [0.15, 0.2) is 5.82 Å². The van der Waals surface area contributed by atoms with Crippen LogP contribution in [0.1, 0.15) is 16.7 Å². The fraction of sp³-hybridized carbons (Fsp3) is 0.0800. The van der Waals surface area contributed by atoms with Crippen LogP contribution in [-0.4, -0.2) is 24.3 Å².